The molecule has 0 atom stereocenters. The Bertz CT molecular complexity index is 678. The number of nitrogens with one attached hydrogen (secondary N) is 1. The van der Waals surface area contributed by atoms with E-state index in [1.165, 1.54) is 19.3 Å². The first-order valence-electron chi connectivity index (χ1n) is 10.7. The molecule has 1 aromatic heterocycles. The summed E-state index contributed by atoms with van der Waals surface area (Å²) in [6.45, 7) is 9.84. The summed E-state index contributed by atoms with van der Waals surface area (Å²) >= 11 is 0. The van der Waals surface area contributed by atoms with Gasteiger partial charge in [-0.25, -0.2) is 0 Å². The normalized spacial score (nSPS) is 19.5. The van der Waals surface area contributed by atoms with Gasteiger partial charge >= 0.3 is 0 Å². The van der Waals surface area contributed by atoms with Gasteiger partial charge in [0.2, 0.25) is 5.91 Å². The molecule has 2 aliphatic rings. The minimum atomic E-state index is 0.132. The summed E-state index contributed by atoms with van der Waals surface area (Å²) in [7, 11) is 0. The number of carbonyl (C=O) groups excluding carboxylic acids is 2. The van der Waals surface area contributed by atoms with E-state index < -0.39 is 0 Å². The number of piperidine rings is 1. The van der Waals surface area contributed by atoms with E-state index in [-0.39, 0.29) is 23.8 Å². The Morgan fingerprint density at radius 3 is 2.22 bits per heavy atom. The molecule has 3 rings (SSSR count). The molecule has 1 aliphatic heterocycles. The highest BCUT2D eigenvalue weighted by molar-refractivity contribution is 5.95. The zero-order valence-corrected chi connectivity index (χ0v) is 17.4. The summed E-state index contributed by atoms with van der Waals surface area (Å²) in [4.78, 5) is 27.4. The highest BCUT2D eigenvalue weighted by Gasteiger charge is 2.29. The smallest absolute Gasteiger partial charge is 0.255 e. The lowest BCUT2D eigenvalue weighted by molar-refractivity contribution is -0.126. The van der Waals surface area contributed by atoms with Gasteiger partial charge < -0.3 is 14.8 Å². The number of amides is 2. The summed E-state index contributed by atoms with van der Waals surface area (Å²) < 4.78 is 2.23. The Balaban J connectivity index is 1.55. The number of hydrogen-bond acceptors (Lipinski definition) is 2. The zero-order valence-electron chi connectivity index (χ0n) is 17.4. The number of aryl methyl sites for hydroxylation is 1. The van der Waals surface area contributed by atoms with Crippen LogP contribution in [0.25, 0.3) is 0 Å². The standard InChI is InChI=1S/C22H35N3O2/c1-15(2)25-16(3)14-20(17(25)4)22(27)24-12-10-19(11-13-24)23-21(26)18-8-6-5-7-9-18/h14-15,18-19H,5-13H2,1-4H3,(H,23,26). The first kappa shape index (κ1) is 20.0. The first-order chi connectivity index (χ1) is 12.9. The third-order valence-electron chi connectivity index (χ3n) is 6.34. The number of nitrogens with zero attached hydrogens (tertiary/aromatic N) is 2. The molecular formula is C22H35N3O2. The van der Waals surface area contributed by atoms with E-state index in [4.69, 9.17) is 0 Å². The molecule has 1 aliphatic carbocycles. The van der Waals surface area contributed by atoms with E-state index in [0.717, 1.165) is 55.7 Å². The van der Waals surface area contributed by atoms with Crippen LogP contribution in [-0.4, -0.2) is 40.4 Å². The molecule has 0 aromatic carbocycles. The molecule has 0 spiro atoms. The van der Waals surface area contributed by atoms with Crippen LogP contribution in [0.5, 0.6) is 0 Å². The van der Waals surface area contributed by atoms with Crippen molar-refractivity contribution in [1.82, 2.24) is 14.8 Å². The van der Waals surface area contributed by atoms with Crippen molar-refractivity contribution in [2.75, 3.05) is 13.1 Å². The topological polar surface area (TPSA) is 54.3 Å². The van der Waals surface area contributed by atoms with Gasteiger partial charge in [0.25, 0.3) is 5.91 Å². The maximum atomic E-state index is 13.0. The predicted octanol–water partition coefficient (Wildman–Crippen LogP) is 3.99. The van der Waals surface area contributed by atoms with Crippen LogP contribution in [0.15, 0.2) is 6.07 Å². The summed E-state index contributed by atoms with van der Waals surface area (Å²) in [5.74, 6) is 0.576. The highest BCUT2D eigenvalue weighted by Crippen LogP contribution is 2.25. The molecule has 5 heteroatoms. The molecule has 0 bridgehead atoms. The van der Waals surface area contributed by atoms with Crippen molar-refractivity contribution in [1.29, 1.82) is 0 Å². The van der Waals surface area contributed by atoms with Gasteiger partial charge in [-0.05, 0) is 59.4 Å². The van der Waals surface area contributed by atoms with Gasteiger partial charge in [-0.2, -0.15) is 0 Å². The average molecular weight is 374 g/mol. The van der Waals surface area contributed by atoms with Gasteiger partial charge in [0.15, 0.2) is 0 Å². The second-order valence-electron chi connectivity index (χ2n) is 8.66. The number of likely N-dealkylation sites (tertiary alicyclic amines) is 1. The van der Waals surface area contributed by atoms with Crippen molar-refractivity contribution in [3.05, 3.63) is 23.0 Å². The molecule has 27 heavy (non-hydrogen) atoms. The molecular weight excluding hydrogens is 338 g/mol. The molecule has 2 amide bonds. The van der Waals surface area contributed by atoms with Crippen LogP contribution in [0.4, 0.5) is 0 Å². The van der Waals surface area contributed by atoms with Crippen LogP contribution in [0.2, 0.25) is 0 Å². The van der Waals surface area contributed by atoms with E-state index in [1.807, 2.05) is 17.9 Å². The van der Waals surface area contributed by atoms with Crippen molar-refractivity contribution in [3.8, 4) is 0 Å². The highest BCUT2D eigenvalue weighted by atomic mass is 16.2. The molecule has 1 saturated carbocycles. The van der Waals surface area contributed by atoms with E-state index >= 15 is 0 Å². The fourth-order valence-corrected chi connectivity index (χ4v) is 4.87. The van der Waals surface area contributed by atoms with Crippen LogP contribution in [0.3, 0.4) is 0 Å². The Labute approximate surface area is 163 Å². The Morgan fingerprint density at radius 1 is 1.04 bits per heavy atom. The van der Waals surface area contributed by atoms with E-state index in [2.05, 4.69) is 30.7 Å². The lowest BCUT2D eigenvalue weighted by Gasteiger charge is -2.33. The van der Waals surface area contributed by atoms with Gasteiger partial charge in [-0.15, -0.1) is 0 Å². The van der Waals surface area contributed by atoms with Crippen LogP contribution in [-0.2, 0) is 4.79 Å². The van der Waals surface area contributed by atoms with E-state index in [1.54, 1.807) is 0 Å². The quantitative estimate of drug-likeness (QED) is 0.868. The van der Waals surface area contributed by atoms with Crippen LogP contribution in [0, 0.1) is 19.8 Å². The SMILES string of the molecule is Cc1cc(C(=O)N2CCC(NC(=O)C3CCCCC3)CC2)c(C)n1C(C)C. The molecule has 0 unspecified atom stereocenters. The average Bonchev–Trinajstić information content (AvgIpc) is 2.96. The number of aromatic nitrogens is 1. The Hall–Kier alpha value is -1.78. The zero-order chi connectivity index (χ0) is 19.6. The van der Waals surface area contributed by atoms with Crippen LogP contribution < -0.4 is 5.32 Å². The molecule has 1 aromatic rings. The molecule has 150 valence electrons. The van der Waals surface area contributed by atoms with Gasteiger partial charge in [0, 0.05) is 42.5 Å². The fourth-order valence-electron chi connectivity index (χ4n) is 4.87. The lowest BCUT2D eigenvalue weighted by Crippen LogP contribution is -2.48. The largest absolute Gasteiger partial charge is 0.353 e. The maximum absolute atomic E-state index is 13.0. The van der Waals surface area contributed by atoms with Gasteiger partial charge in [0.1, 0.15) is 0 Å². The van der Waals surface area contributed by atoms with Crippen molar-refractivity contribution in [3.63, 3.8) is 0 Å². The minimum absolute atomic E-state index is 0.132. The number of carbonyl (C=O) groups is 2. The van der Waals surface area contributed by atoms with Crippen molar-refractivity contribution in [2.24, 2.45) is 5.92 Å². The summed E-state index contributed by atoms with van der Waals surface area (Å²) in [5, 5.41) is 3.25. The second kappa shape index (κ2) is 8.49. The Kier molecular flexibility index (Phi) is 6.28. The number of hydrogen-bond donors (Lipinski definition) is 1. The lowest BCUT2D eigenvalue weighted by atomic mass is 9.88. The van der Waals surface area contributed by atoms with Crippen LogP contribution in [0.1, 0.15) is 86.6 Å². The third kappa shape index (κ3) is 4.39. The molecule has 2 heterocycles. The molecule has 5 nitrogen and oxygen atoms in total. The summed E-state index contributed by atoms with van der Waals surface area (Å²) in [5.41, 5.74) is 3.02. The number of rotatable bonds is 4. The van der Waals surface area contributed by atoms with Crippen molar-refractivity contribution in [2.45, 2.75) is 84.7 Å². The maximum Gasteiger partial charge on any atom is 0.255 e. The molecule has 1 saturated heterocycles. The van der Waals surface area contributed by atoms with E-state index in [0.29, 0.717) is 6.04 Å². The summed E-state index contributed by atoms with van der Waals surface area (Å²) in [6, 6.07) is 2.59. The third-order valence-corrected chi connectivity index (χ3v) is 6.34. The van der Waals surface area contributed by atoms with Crippen molar-refractivity contribution >= 4 is 11.8 Å². The molecule has 1 N–H and O–H groups in total. The predicted molar refractivity (Wildman–Crippen MR) is 108 cm³/mol. The Morgan fingerprint density at radius 2 is 1.67 bits per heavy atom. The monoisotopic (exact) mass is 373 g/mol. The van der Waals surface area contributed by atoms with Crippen LogP contribution >= 0.6 is 0 Å². The first-order valence-corrected chi connectivity index (χ1v) is 10.7. The van der Waals surface area contributed by atoms with Gasteiger partial charge in [-0.1, -0.05) is 19.3 Å². The molecule has 0 radical (unpaired) electrons. The van der Waals surface area contributed by atoms with Crippen molar-refractivity contribution < 1.29 is 9.59 Å². The second-order valence-corrected chi connectivity index (χ2v) is 8.66. The molecule has 2 fully saturated rings. The minimum Gasteiger partial charge on any atom is -0.353 e. The van der Waals surface area contributed by atoms with Gasteiger partial charge in [-0.3, -0.25) is 9.59 Å². The summed E-state index contributed by atoms with van der Waals surface area (Å²) in [6.07, 6.45) is 7.41. The van der Waals surface area contributed by atoms with E-state index in [9.17, 15) is 9.59 Å². The van der Waals surface area contributed by atoms with Gasteiger partial charge in [0.05, 0.1) is 5.56 Å². The fraction of sp³-hybridized carbons (Fsp3) is 0.727.